The second-order valence-corrected chi connectivity index (χ2v) is 4.94. The lowest BCUT2D eigenvalue weighted by Gasteiger charge is -2.07. The highest BCUT2D eigenvalue weighted by molar-refractivity contribution is 9.10. The molecule has 0 saturated heterocycles. The molecule has 0 fully saturated rings. The number of nitrogen functional groups attached to an aromatic ring is 1. The average Bonchev–Trinajstić information content (AvgIpc) is 2.79. The van der Waals surface area contributed by atoms with Crippen LogP contribution in [0.5, 0.6) is 0 Å². The number of anilines is 1. The molecule has 2 rings (SSSR count). The van der Waals surface area contributed by atoms with E-state index in [4.69, 9.17) is 10.3 Å². The second kappa shape index (κ2) is 6.00. The Balaban J connectivity index is 1.97. The summed E-state index contributed by atoms with van der Waals surface area (Å²) in [5, 5.41) is 6.39. The number of hydrogen-bond donors (Lipinski definition) is 2. The molecule has 0 radical (unpaired) electrons. The highest BCUT2D eigenvalue weighted by Gasteiger charge is 2.13. The van der Waals surface area contributed by atoms with E-state index in [1.54, 1.807) is 6.92 Å². The third kappa shape index (κ3) is 3.32. The number of nitrogens with one attached hydrogen (secondary N) is 1. The number of carbonyl (C=O) groups excluding carboxylic acids is 1. The van der Waals surface area contributed by atoms with Gasteiger partial charge in [0.25, 0.3) is 5.91 Å². The van der Waals surface area contributed by atoms with Crippen molar-refractivity contribution >= 4 is 27.5 Å². The first-order chi connectivity index (χ1) is 9.47. The van der Waals surface area contributed by atoms with Crippen molar-refractivity contribution < 1.29 is 13.7 Å². The van der Waals surface area contributed by atoms with Crippen molar-refractivity contribution in [1.29, 1.82) is 0 Å². The van der Waals surface area contributed by atoms with E-state index in [9.17, 15) is 9.18 Å². The standard InChI is InChI=1S/C12H12BrFN4O2/c1-6-17-11(18-20-6)2-3-16-12(19)7-4-10(15)9(14)5-8(7)13/h4-5H,2-3,15H2,1H3,(H,16,19). The van der Waals surface area contributed by atoms with E-state index in [0.717, 1.165) is 6.07 Å². The van der Waals surface area contributed by atoms with Crippen molar-refractivity contribution in [3.63, 3.8) is 0 Å². The maximum absolute atomic E-state index is 13.2. The molecule has 1 amide bonds. The summed E-state index contributed by atoms with van der Waals surface area (Å²) in [6.45, 7) is 2.02. The summed E-state index contributed by atoms with van der Waals surface area (Å²) in [6, 6.07) is 2.44. The Kier molecular flexibility index (Phi) is 4.33. The van der Waals surface area contributed by atoms with E-state index in [0.29, 0.717) is 29.2 Å². The Morgan fingerprint density at radius 1 is 1.55 bits per heavy atom. The first kappa shape index (κ1) is 14.4. The zero-order valence-electron chi connectivity index (χ0n) is 10.6. The summed E-state index contributed by atoms with van der Waals surface area (Å²) in [5.41, 5.74) is 5.64. The smallest absolute Gasteiger partial charge is 0.252 e. The van der Waals surface area contributed by atoms with Crippen molar-refractivity contribution in [2.45, 2.75) is 13.3 Å². The van der Waals surface area contributed by atoms with Gasteiger partial charge in [0.1, 0.15) is 5.82 Å². The van der Waals surface area contributed by atoms with Gasteiger partial charge in [-0.3, -0.25) is 4.79 Å². The molecule has 1 heterocycles. The Labute approximate surface area is 122 Å². The zero-order chi connectivity index (χ0) is 14.7. The summed E-state index contributed by atoms with van der Waals surface area (Å²) in [7, 11) is 0. The minimum atomic E-state index is -0.573. The maximum atomic E-state index is 13.2. The number of benzene rings is 1. The first-order valence-electron chi connectivity index (χ1n) is 5.79. The Morgan fingerprint density at radius 3 is 2.95 bits per heavy atom. The first-order valence-corrected chi connectivity index (χ1v) is 6.58. The minimum absolute atomic E-state index is 0.0767. The summed E-state index contributed by atoms with van der Waals surface area (Å²) in [6.07, 6.45) is 0.442. The maximum Gasteiger partial charge on any atom is 0.252 e. The molecule has 0 spiro atoms. The highest BCUT2D eigenvalue weighted by Crippen LogP contribution is 2.22. The molecule has 0 atom stereocenters. The lowest BCUT2D eigenvalue weighted by atomic mass is 10.2. The van der Waals surface area contributed by atoms with Crippen LogP contribution in [-0.4, -0.2) is 22.6 Å². The van der Waals surface area contributed by atoms with Gasteiger partial charge in [0.2, 0.25) is 5.89 Å². The molecule has 6 nitrogen and oxygen atoms in total. The highest BCUT2D eigenvalue weighted by atomic mass is 79.9. The number of aryl methyl sites for hydroxylation is 1. The van der Waals surface area contributed by atoms with Crippen molar-refractivity contribution in [3.8, 4) is 0 Å². The fourth-order valence-corrected chi connectivity index (χ4v) is 2.06. The lowest BCUT2D eigenvalue weighted by molar-refractivity contribution is 0.0953. The van der Waals surface area contributed by atoms with E-state index in [2.05, 4.69) is 31.4 Å². The molecule has 20 heavy (non-hydrogen) atoms. The van der Waals surface area contributed by atoms with Crippen LogP contribution in [0.2, 0.25) is 0 Å². The van der Waals surface area contributed by atoms with Crippen LogP contribution in [0.15, 0.2) is 21.1 Å². The quantitative estimate of drug-likeness (QED) is 0.826. The van der Waals surface area contributed by atoms with Gasteiger partial charge in [0, 0.05) is 24.4 Å². The third-order valence-electron chi connectivity index (χ3n) is 2.53. The molecule has 0 unspecified atom stereocenters. The van der Waals surface area contributed by atoms with Gasteiger partial charge < -0.3 is 15.6 Å². The van der Waals surface area contributed by atoms with Crippen molar-refractivity contribution in [1.82, 2.24) is 15.5 Å². The molecule has 2 aromatic rings. The molecule has 1 aromatic heterocycles. The number of rotatable bonds is 4. The monoisotopic (exact) mass is 342 g/mol. The Hall–Kier alpha value is -1.96. The van der Waals surface area contributed by atoms with E-state index >= 15 is 0 Å². The molecule has 0 aliphatic carbocycles. The number of halogens is 2. The van der Waals surface area contributed by atoms with Crippen molar-refractivity contribution in [2.24, 2.45) is 0 Å². The third-order valence-corrected chi connectivity index (χ3v) is 3.19. The van der Waals surface area contributed by atoms with Gasteiger partial charge in [-0.25, -0.2) is 4.39 Å². The van der Waals surface area contributed by atoms with Crippen LogP contribution < -0.4 is 11.1 Å². The second-order valence-electron chi connectivity index (χ2n) is 4.09. The fraction of sp³-hybridized carbons (Fsp3) is 0.250. The summed E-state index contributed by atoms with van der Waals surface area (Å²) in [4.78, 5) is 16.0. The number of nitrogens with two attached hydrogens (primary N) is 1. The normalized spacial score (nSPS) is 10.6. The molecule has 0 aliphatic rings. The molecule has 106 valence electrons. The average molecular weight is 343 g/mol. The van der Waals surface area contributed by atoms with Crippen molar-refractivity contribution in [2.75, 3.05) is 12.3 Å². The van der Waals surface area contributed by atoms with Crippen LogP contribution in [0.25, 0.3) is 0 Å². The van der Waals surface area contributed by atoms with Crippen LogP contribution in [0, 0.1) is 12.7 Å². The molecule has 0 bridgehead atoms. The van der Waals surface area contributed by atoms with Gasteiger partial charge in [0.05, 0.1) is 11.3 Å². The molecular weight excluding hydrogens is 331 g/mol. The molecular formula is C12H12BrFN4O2. The van der Waals surface area contributed by atoms with Crippen LogP contribution >= 0.6 is 15.9 Å². The van der Waals surface area contributed by atoms with Gasteiger partial charge in [-0.1, -0.05) is 5.16 Å². The van der Waals surface area contributed by atoms with Crippen LogP contribution in [-0.2, 0) is 6.42 Å². The Bertz CT molecular complexity index is 644. The number of amides is 1. The minimum Gasteiger partial charge on any atom is -0.396 e. The predicted octanol–water partition coefficient (Wildman–Crippen LogP) is 1.83. The van der Waals surface area contributed by atoms with E-state index in [1.807, 2.05) is 0 Å². The van der Waals surface area contributed by atoms with Gasteiger partial charge in [-0.2, -0.15) is 4.98 Å². The number of aromatic nitrogens is 2. The largest absolute Gasteiger partial charge is 0.396 e. The van der Waals surface area contributed by atoms with Crippen LogP contribution in [0.1, 0.15) is 22.1 Å². The Morgan fingerprint density at radius 2 is 2.30 bits per heavy atom. The lowest BCUT2D eigenvalue weighted by Crippen LogP contribution is -2.26. The molecule has 0 aliphatic heterocycles. The van der Waals surface area contributed by atoms with Gasteiger partial charge in [-0.15, -0.1) is 0 Å². The zero-order valence-corrected chi connectivity index (χ0v) is 12.2. The molecule has 8 heteroatoms. The summed E-state index contributed by atoms with van der Waals surface area (Å²) >= 11 is 3.13. The summed E-state index contributed by atoms with van der Waals surface area (Å²) < 4.78 is 18.3. The number of carbonyl (C=O) groups is 1. The van der Waals surface area contributed by atoms with E-state index < -0.39 is 5.82 Å². The molecule has 1 aromatic carbocycles. The van der Waals surface area contributed by atoms with Crippen LogP contribution in [0.3, 0.4) is 0 Å². The fourth-order valence-electron chi connectivity index (χ4n) is 1.57. The van der Waals surface area contributed by atoms with Crippen molar-refractivity contribution in [3.05, 3.63) is 39.7 Å². The topological polar surface area (TPSA) is 94.0 Å². The predicted molar refractivity (Wildman–Crippen MR) is 73.6 cm³/mol. The summed E-state index contributed by atoms with van der Waals surface area (Å²) in [5.74, 6) is 0.0559. The van der Waals surface area contributed by atoms with Gasteiger partial charge in [-0.05, 0) is 28.1 Å². The van der Waals surface area contributed by atoms with E-state index in [1.165, 1.54) is 6.07 Å². The SMILES string of the molecule is Cc1nc(CCNC(=O)c2cc(N)c(F)cc2Br)no1. The number of nitrogens with zero attached hydrogens (tertiary/aromatic N) is 2. The molecule has 0 saturated carbocycles. The van der Waals surface area contributed by atoms with Gasteiger partial charge in [0.15, 0.2) is 5.82 Å². The number of hydrogen-bond acceptors (Lipinski definition) is 5. The molecule has 3 N–H and O–H groups in total. The van der Waals surface area contributed by atoms with Gasteiger partial charge >= 0.3 is 0 Å². The van der Waals surface area contributed by atoms with E-state index in [-0.39, 0.29) is 17.2 Å². The van der Waals surface area contributed by atoms with Crippen LogP contribution in [0.4, 0.5) is 10.1 Å².